The molecule has 0 spiro atoms. The van der Waals surface area contributed by atoms with Gasteiger partial charge < -0.3 is 9.29 Å². The molecule has 24 heavy (non-hydrogen) atoms. The Morgan fingerprint density at radius 1 is 1.29 bits per heavy atom. The molecule has 1 unspecified atom stereocenters. The van der Waals surface area contributed by atoms with E-state index >= 15 is 0 Å². The van der Waals surface area contributed by atoms with Gasteiger partial charge in [0.1, 0.15) is 5.75 Å². The highest BCUT2D eigenvalue weighted by Gasteiger charge is 2.20. The molecule has 126 valence electrons. The van der Waals surface area contributed by atoms with Gasteiger partial charge in [0, 0.05) is 23.4 Å². The maximum atomic E-state index is 12.5. The second kappa shape index (κ2) is 6.74. The number of rotatable bonds is 5. The van der Waals surface area contributed by atoms with Crippen LogP contribution in [-0.4, -0.2) is 26.1 Å². The van der Waals surface area contributed by atoms with Crippen molar-refractivity contribution in [3.8, 4) is 5.75 Å². The van der Waals surface area contributed by atoms with E-state index in [2.05, 4.69) is 19.7 Å². The van der Waals surface area contributed by atoms with Crippen molar-refractivity contribution in [1.29, 1.82) is 0 Å². The Morgan fingerprint density at radius 2 is 2.08 bits per heavy atom. The number of ether oxygens (including phenoxy) is 1. The molecule has 0 radical (unpaired) electrons. The third-order valence-electron chi connectivity index (χ3n) is 3.72. The summed E-state index contributed by atoms with van der Waals surface area (Å²) < 4.78 is 41.4. The number of fused-ring (bicyclic) bond motifs is 1. The van der Waals surface area contributed by atoms with Gasteiger partial charge in [0.15, 0.2) is 5.75 Å². The molecule has 5 nitrogen and oxygen atoms in total. The quantitative estimate of drug-likeness (QED) is 0.714. The Labute approximate surface area is 140 Å². The number of benzene rings is 1. The van der Waals surface area contributed by atoms with E-state index in [4.69, 9.17) is 0 Å². The summed E-state index contributed by atoms with van der Waals surface area (Å²) in [5.41, 5.74) is 3.85. The van der Waals surface area contributed by atoms with E-state index in [0.29, 0.717) is 11.0 Å². The van der Waals surface area contributed by atoms with Gasteiger partial charge in [-0.1, -0.05) is 0 Å². The summed E-state index contributed by atoms with van der Waals surface area (Å²) in [7, 11) is 0. The summed E-state index contributed by atoms with van der Waals surface area (Å²) in [6, 6.07) is 6.25. The Hall–Kier alpha value is -2.19. The maximum Gasteiger partial charge on any atom is 0.387 e. The minimum Gasteiger partial charge on any atom is -0.609 e. The predicted octanol–water partition coefficient (Wildman–Crippen LogP) is 3.48. The second-order valence-electron chi connectivity index (χ2n) is 5.29. The van der Waals surface area contributed by atoms with Gasteiger partial charge in [0.2, 0.25) is 0 Å². The van der Waals surface area contributed by atoms with Gasteiger partial charge in [-0.2, -0.15) is 13.8 Å². The van der Waals surface area contributed by atoms with Crippen molar-refractivity contribution in [2.24, 2.45) is 0 Å². The lowest BCUT2D eigenvalue weighted by molar-refractivity contribution is -0.0497. The Balaban J connectivity index is 1.84. The van der Waals surface area contributed by atoms with Crippen LogP contribution in [0.2, 0.25) is 0 Å². The monoisotopic (exact) mass is 351 g/mol. The number of nitrogens with one attached hydrogen (secondary N) is 1. The zero-order chi connectivity index (χ0) is 17.3. The van der Waals surface area contributed by atoms with Crippen LogP contribution < -0.4 is 4.74 Å². The molecule has 0 saturated heterocycles. The van der Waals surface area contributed by atoms with E-state index in [9.17, 15) is 13.3 Å². The fourth-order valence-electron chi connectivity index (χ4n) is 2.27. The summed E-state index contributed by atoms with van der Waals surface area (Å²) in [4.78, 5) is 11.4. The first kappa shape index (κ1) is 16.7. The van der Waals surface area contributed by atoms with Crippen molar-refractivity contribution in [2.75, 3.05) is 0 Å². The van der Waals surface area contributed by atoms with Crippen LogP contribution in [-0.2, 0) is 16.9 Å². The zero-order valence-electron chi connectivity index (χ0n) is 13.0. The fourth-order valence-corrected chi connectivity index (χ4v) is 3.37. The first-order valence-electron chi connectivity index (χ1n) is 7.18. The first-order chi connectivity index (χ1) is 11.4. The summed E-state index contributed by atoms with van der Waals surface area (Å²) in [6.07, 6.45) is 1.68. The lowest BCUT2D eigenvalue weighted by Crippen LogP contribution is -2.10. The number of hydrogen-bond donors (Lipinski definition) is 1. The lowest BCUT2D eigenvalue weighted by Gasteiger charge is -2.09. The number of pyridine rings is 1. The van der Waals surface area contributed by atoms with Crippen LogP contribution in [0.5, 0.6) is 5.75 Å². The molecular weight excluding hydrogens is 336 g/mol. The number of halogens is 2. The van der Waals surface area contributed by atoms with Gasteiger partial charge in [0.25, 0.3) is 0 Å². The van der Waals surface area contributed by atoms with Crippen LogP contribution in [0, 0.1) is 13.8 Å². The predicted molar refractivity (Wildman–Crippen MR) is 86.5 cm³/mol. The number of aromatic amines is 1. The van der Waals surface area contributed by atoms with E-state index in [0.717, 1.165) is 16.8 Å². The molecule has 1 atom stereocenters. The summed E-state index contributed by atoms with van der Waals surface area (Å²) in [6.45, 7) is 1.00. The van der Waals surface area contributed by atoms with Crippen molar-refractivity contribution in [1.82, 2.24) is 15.0 Å². The fraction of sp³-hybridized carbons (Fsp3) is 0.250. The van der Waals surface area contributed by atoms with Crippen molar-refractivity contribution >= 4 is 22.2 Å². The van der Waals surface area contributed by atoms with Gasteiger partial charge in [-0.15, -0.1) is 0 Å². The number of imidazole rings is 1. The molecule has 0 aliphatic heterocycles. The van der Waals surface area contributed by atoms with E-state index < -0.39 is 17.8 Å². The molecule has 0 aliphatic carbocycles. The van der Waals surface area contributed by atoms with E-state index in [1.807, 2.05) is 19.9 Å². The lowest BCUT2D eigenvalue weighted by atomic mass is 10.1. The second-order valence-corrected chi connectivity index (χ2v) is 6.66. The van der Waals surface area contributed by atoms with E-state index in [1.54, 1.807) is 12.3 Å². The largest absolute Gasteiger partial charge is 0.609 e. The number of nitrogens with zero attached hydrogens (tertiary/aromatic N) is 2. The van der Waals surface area contributed by atoms with Crippen molar-refractivity contribution in [3.63, 3.8) is 0 Å². The molecule has 0 amide bonds. The van der Waals surface area contributed by atoms with Gasteiger partial charge >= 0.3 is 11.8 Å². The molecule has 1 aromatic carbocycles. The van der Waals surface area contributed by atoms with Crippen LogP contribution in [0.15, 0.2) is 35.6 Å². The molecule has 8 heteroatoms. The van der Waals surface area contributed by atoms with Crippen LogP contribution in [0.1, 0.15) is 16.8 Å². The summed E-state index contributed by atoms with van der Waals surface area (Å²) in [5.74, 6) is 0.241. The third-order valence-corrected chi connectivity index (χ3v) is 4.88. The Kier molecular flexibility index (Phi) is 4.68. The van der Waals surface area contributed by atoms with E-state index in [-0.39, 0.29) is 16.7 Å². The van der Waals surface area contributed by atoms with Crippen molar-refractivity contribution < 1.29 is 18.1 Å². The van der Waals surface area contributed by atoms with Crippen LogP contribution in [0.25, 0.3) is 11.0 Å². The first-order valence-corrected chi connectivity index (χ1v) is 8.50. The molecule has 2 aromatic heterocycles. The highest BCUT2D eigenvalue weighted by atomic mass is 32.2. The average molecular weight is 351 g/mol. The van der Waals surface area contributed by atoms with Gasteiger partial charge in [-0.25, -0.2) is 0 Å². The van der Waals surface area contributed by atoms with Gasteiger partial charge in [0.05, 0.1) is 16.7 Å². The maximum absolute atomic E-state index is 12.5. The molecule has 3 aromatic rings. The summed E-state index contributed by atoms with van der Waals surface area (Å²) >= 11 is -1.42. The minimum atomic E-state index is -2.90. The zero-order valence-corrected chi connectivity index (χ0v) is 13.9. The van der Waals surface area contributed by atoms with E-state index in [1.165, 1.54) is 12.1 Å². The van der Waals surface area contributed by atoms with Crippen LogP contribution >= 0.6 is 0 Å². The Bertz CT molecular complexity index is 870. The normalized spacial score (nSPS) is 12.8. The van der Waals surface area contributed by atoms with Gasteiger partial charge in [-0.05, 0) is 43.2 Å². The third kappa shape index (κ3) is 3.49. The minimum absolute atomic E-state index is 0.0116. The topological polar surface area (TPSA) is 73.9 Å². The number of H-pyrrole nitrogens is 1. The standard InChI is InChI=1S/C16H15F2N3O2S/c1-9-5-6-19-14(10(9)2)8-24(22)16-20-12-4-3-11(23-15(17)18)7-13(12)21-16/h3-7,15H,8H2,1-2H3,(H,20,21). The molecule has 3 rings (SSSR count). The molecular formula is C16H15F2N3O2S. The molecule has 1 N–H and O–H groups in total. The number of aromatic nitrogens is 3. The molecule has 0 aliphatic rings. The number of hydrogen-bond acceptors (Lipinski definition) is 4. The Morgan fingerprint density at radius 3 is 2.83 bits per heavy atom. The smallest absolute Gasteiger partial charge is 0.387 e. The van der Waals surface area contributed by atoms with Crippen LogP contribution in [0.3, 0.4) is 0 Å². The van der Waals surface area contributed by atoms with Crippen molar-refractivity contribution in [3.05, 3.63) is 47.3 Å². The summed E-state index contributed by atoms with van der Waals surface area (Å²) in [5, 5.41) is 0.280. The molecule has 2 heterocycles. The van der Waals surface area contributed by atoms with Gasteiger partial charge in [-0.3, -0.25) is 9.97 Å². The van der Waals surface area contributed by atoms with Crippen molar-refractivity contribution in [2.45, 2.75) is 31.4 Å². The van der Waals surface area contributed by atoms with Crippen LogP contribution in [0.4, 0.5) is 8.78 Å². The SMILES string of the molecule is Cc1ccnc(C[S+]([O-])c2nc3cc(OC(F)F)ccc3[nH]2)c1C. The average Bonchev–Trinajstić information content (AvgIpc) is 2.94. The highest BCUT2D eigenvalue weighted by Crippen LogP contribution is 2.24. The number of alkyl halides is 2. The highest BCUT2D eigenvalue weighted by molar-refractivity contribution is 7.90. The molecule has 0 bridgehead atoms. The molecule has 0 fully saturated rings. The number of aryl methyl sites for hydroxylation is 1. The molecule has 0 saturated carbocycles.